The number of nitrogens with zero attached hydrogens (tertiary/aromatic N) is 2. The van der Waals surface area contributed by atoms with E-state index in [2.05, 4.69) is 15.2 Å². The molecular formula is C27H28N2O3. The molecule has 5 heteroatoms. The Morgan fingerprint density at radius 3 is 2.41 bits per heavy atom. The minimum absolute atomic E-state index is 0.287. The first-order chi connectivity index (χ1) is 15.6. The Bertz CT molecular complexity index is 1350. The molecule has 32 heavy (non-hydrogen) atoms. The molecule has 4 aromatic rings. The van der Waals surface area contributed by atoms with Gasteiger partial charge in [-0.2, -0.15) is 0 Å². The highest BCUT2D eigenvalue weighted by Crippen LogP contribution is 2.46. The van der Waals surface area contributed by atoms with Gasteiger partial charge in [0.1, 0.15) is 5.75 Å². The van der Waals surface area contributed by atoms with E-state index in [1.807, 2.05) is 24.3 Å². The highest BCUT2D eigenvalue weighted by atomic mass is 16.4. The summed E-state index contributed by atoms with van der Waals surface area (Å²) in [4.78, 5) is 11.8. The number of aromatic nitrogens is 2. The third-order valence-corrected chi connectivity index (χ3v) is 7.51. The molecular weight excluding hydrogens is 400 g/mol. The summed E-state index contributed by atoms with van der Waals surface area (Å²) in [7, 11) is 0. The molecule has 2 N–H and O–H groups in total. The number of aromatic carboxylic acids is 1. The van der Waals surface area contributed by atoms with Crippen LogP contribution in [0.15, 0.2) is 42.5 Å². The van der Waals surface area contributed by atoms with Gasteiger partial charge in [-0.25, -0.2) is 4.79 Å². The van der Waals surface area contributed by atoms with Crippen LogP contribution in [0.25, 0.3) is 33.2 Å². The predicted molar refractivity (Wildman–Crippen MR) is 127 cm³/mol. The van der Waals surface area contributed by atoms with Crippen LogP contribution >= 0.6 is 0 Å². The molecule has 1 aliphatic carbocycles. The van der Waals surface area contributed by atoms with Crippen molar-refractivity contribution in [3.05, 3.63) is 53.6 Å². The number of benzene rings is 2. The van der Waals surface area contributed by atoms with Crippen LogP contribution in [0.4, 0.5) is 0 Å². The van der Waals surface area contributed by atoms with E-state index in [0.717, 1.165) is 42.4 Å². The monoisotopic (exact) mass is 428 g/mol. The lowest BCUT2D eigenvalue weighted by Gasteiger charge is -2.25. The van der Waals surface area contributed by atoms with E-state index in [9.17, 15) is 15.0 Å². The van der Waals surface area contributed by atoms with E-state index in [1.54, 1.807) is 12.1 Å². The van der Waals surface area contributed by atoms with Crippen LogP contribution in [-0.4, -0.2) is 25.3 Å². The first-order valence-electron chi connectivity index (χ1n) is 11.8. The molecule has 0 unspecified atom stereocenters. The Labute approximate surface area is 186 Å². The maximum Gasteiger partial charge on any atom is 0.335 e. The van der Waals surface area contributed by atoms with Gasteiger partial charge in [0, 0.05) is 34.9 Å². The topological polar surface area (TPSA) is 67.4 Å². The van der Waals surface area contributed by atoms with Crippen molar-refractivity contribution in [2.75, 3.05) is 0 Å². The molecule has 2 aromatic carbocycles. The maximum atomic E-state index is 11.8. The first-order valence-corrected chi connectivity index (χ1v) is 11.8. The Balaban J connectivity index is 1.71. The number of carboxylic acids is 1. The summed E-state index contributed by atoms with van der Waals surface area (Å²) in [6.45, 7) is 1.85. The highest BCUT2D eigenvalue weighted by molar-refractivity contribution is 5.99. The summed E-state index contributed by atoms with van der Waals surface area (Å²) >= 11 is 0. The van der Waals surface area contributed by atoms with Gasteiger partial charge in [-0.15, -0.1) is 0 Å². The lowest BCUT2D eigenvalue weighted by Crippen LogP contribution is -2.12. The van der Waals surface area contributed by atoms with Crippen molar-refractivity contribution >= 4 is 27.8 Å². The van der Waals surface area contributed by atoms with Crippen LogP contribution in [-0.2, 0) is 13.1 Å². The standard InChI is InChI=1S/C27H28N2O3/c30-20-9-11-22-19(14-20)16-24-26-25(17-6-2-1-3-7-17)21-10-8-18(27(31)32)15-23(21)29(26)13-5-4-12-28(22)24/h8-11,14-17,30H,1-7,12-13H2,(H,31,32). The van der Waals surface area contributed by atoms with Crippen LogP contribution in [0.3, 0.4) is 0 Å². The summed E-state index contributed by atoms with van der Waals surface area (Å²) in [6, 6.07) is 13.5. The zero-order valence-corrected chi connectivity index (χ0v) is 18.2. The minimum atomic E-state index is -0.878. The number of aromatic hydroxyl groups is 1. The van der Waals surface area contributed by atoms with Gasteiger partial charge in [0.05, 0.1) is 17.0 Å². The minimum Gasteiger partial charge on any atom is -0.508 e. The largest absolute Gasteiger partial charge is 0.508 e. The molecule has 1 fully saturated rings. The predicted octanol–water partition coefficient (Wildman–Crippen LogP) is 6.51. The van der Waals surface area contributed by atoms with Crippen molar-refractivity contribution in [2.45, 2.75) is 64.0 Å². The number of phenolic OH excluding ortho intramolecular Hbond substituents is 1. The summed E-state index contributed by atoms with van der Waals surface area (Å²) in [6.07, 6.45) is 8.29. The molecule has 1 saturated carbocycles. The second kappa shape index (κ2) is 7.44. The SMILES string of the molecule is O=C(O)c1ccc2c(C3CCCCC3)c3n(c2c1)CCCCn1c-3cc2cc(O)ccc21. The lowest BCUT2D eigenvalue weighted by atomic mass is 9.82. The Morgan fingerprint density at radius 1 is 0.844 bits per heavy atom. The van der Waals surface area contributed by atoms with Gasteiger partial charge in [-0.3, -0.25) is 0 Å². The van der Waals surface area contributed by atoms with Gasteiger partial charge >= 0.3 is 5.97 Å². The molecule has 2 aliphatic rings. The summed E-state index contributed by atoms with van der Waals surface area (Å²) in [5.74, 6) is -0.0928. The number of carboxylic acid groups (broad SMARTS) is 1. The van der Waals surface area contributed by atoms with Crippen molar-refractivity contribution in [1.29, 1.82) is 0 Å². The molecule has 6 rings (SSSR count). The fourth-order valence-corrected chi connectivity index (χ4v) is 6.06. The van der Waals surface area contributed by atoms with Crippen LogP contribution < -0.4 is 0 Å². The van der Waals surface area contributed by atoms with E-state index in [-0.39, 0.29) is 5.75 Å². The Hall–Kier alpha value is -3.21. The zero-order valence-electron chi connectivity index (χ0n) is 18.2. The van der Waals surface area contributed by atoms with Gasteiger partial charge in [0.2, 0.25) is 0 Å². The van der Waals surface area contributed by atoms with Gasteiger partial charge < -0.3 is 19.3 Å². The number of hydrogen-bond acceptors (Lipinski definition) is 2. The second-order valence-electron chi connectivity index (χ2n) is 9.42. The Morgan fingerprint density at radius 2 is 1.62 bits per heavy atom. The summed E-state index contributed by atoms with van der Waals surface area (Å²) < 4.78 is 4.79. The summed E-state index contributed by atoms with van der Waals surface area (Å²) in [5, 5.41) is 22.0. The number of rotatable bonds is 2. The van der Waals surface area contributed by atoms with E-state index in [4.69, 9.17) is 0 Å². The molecule has 0 atom stereocenters. The fraction of sp³-hybridized carbons (Fsp3) is 0.370. The van der Waals surface area contributed by atoms with Gasteiger partial charge in [0.15, 0.2) is 0 Å². The molecule has 0 spiro atoms. The van der Waals surface area contributed by atoms with Crippen molar-refractivity contribution in [3.63, 3.8) is 0 Å². The molecule has 0 radical (unpaired) electrons. The second-order valence-corrected chi connectivity index (χ2v) is 9.42. The molecule has 3 heterocycles. The van der Waals surface area contributed by atoms with E-state index >= 15 is 0 Å². The maximum absolute atomic E-state index is 11.8. The van der Waals surface area contributed by atoms with Crippen LogP contribution in [0.2, 0.25) is 0 Å². The van der Waals surface area contributed by atoms with E-state index in [0.29, 0.717) is 11.5 Å². The van der Waals surface area contributed by atoms with Gasteiger partial charge in [0.25, 0.3) is 0 Å². The van der Waals surface area contributed by atoms with Crippen molar-refractivity contribution in [3.8, 4) is 17.1 Å². The van der Waals surface area contributed by atoms with Gasteiger partial charge in [-0.1, -0.05) is 25.3 Å². The van der Waals surface area contributed by atoms with E-state index in [1.165, 1.54) is 54.4 Å². The van der Waals surface area contributed by atoms with Crippen molar-refractivity contribution < 1.29 is 15.0 Å². The summed E-state index contributed by atoms with van der Waals surface area (Å²) in [5.41, 5.74) is 6.38. The smallest absolute Gasteiger partial charge is 0.335 e. The van der Waals surface area contributed by atoms with Crippen molar-refractivity contribution in [2.24, 2.45) is 0 Å². The lowest BCUT2D eigenvalue weighted by molar-refractivity contribution is 0.0697. The number of hydrogen-bond donors (Lipinski definition) is 2. The van der Waals surface area contributed by atoms with Crippen LogP contribution in [0.5, 0.6) is 5.75 Å². The third-order valence-electron chi connectivity index (χ3n) is 7.51. The average Bonchev–Trinajstić information content (AvgIpc) is 3.29. The fourth-order valence-electron chi connectivity index (χ4n) is 6.06. The number of aryl methyl sites for hydroxylation is 2. The van der Waals surface area contributed by atoms with Crippen LogP contribution in [0.1, 0.15) is 66.8 Å². The van der Waals surface area contributed by atoms with E-state index < -0.39 is 5.97 Å². The highest BCUT2D eigenvalue weighted by Gasteiger charge is 2.29. The molecule has 0 saturated heterocycles. The molecule has 1 aliphatic heterocycles. The quantitative estimate of drug-likeness (QED) is 0.382. The number of phenols is 1. The number of fused-ring (bicyclic) bond motifs is 7. The molecule has 164 valence electrons. The average molecular weight is 429 g/mol. The number of carbonyl (C=O) groups is 1. The van der Waals surface area contributed by atoms with Crippen molar-refractivity contribution in [1.82, 2.24) is 9.13 Å². The molecule has 5 nitrogen and oxygen atoms in total. The zero-order chi connectivity index (χ0) is 21.8. The molecule has 2 aromatic heterocycles. The van der Waals surface area contributed by atoms with Crippen LogP contribution in [0, 0.1) is 0 Å². The van der Waals surface area contributed by atoms with Gasteiger partial charge in [-0.05, 0) is 73.6 Å². The normalized spacial score (nSPS) is 17.1. The molecule has 0 amide bonds. The third kappa shape index (κ3) is 2.94. The molecule has 0 bridgehead atoms. The first kappa shape index (κ1) is 19.5. The Kier molecular flexibility index (Phi) is 4.53.